The van der Waals surface area contributed by atoms with Crippen LogP contribution in [0.5, 0.6) is 5.75 Å². The monoisotopic (exact) mass is 325 g/mol. The van der Waals surface area contributed by atoms with Gasteiger partial charge in [-0.1, -0.05) is 24.3 Å². The molecule has 1 N–H and O–H groups in total. The highest BCUT2D eigenvalue weighted by Gasteiger charge is 2.34. The Labute approximate surface area is 140 Å². The number of carbonyl (C=O) groups is 2. The molecule has 0 fully saturated rings. The lowest BCUT2D eigenvalue weighted by atomic mass is 9.93. The fourth-order valence-corrected chi connectivity index (χ4v) is 2.98. The van der Waals surface area contributed by atoms with Crippen LogP contribution in [-0.2, 0) is 17.8 Å². The summed E-state index contributed by atoms with van der Waals surface area (Å²) in [6.45, 7) is 2.75. The Morgan fingerprint density at radius 1 is 1.12 bits per heavy atom. The quantitative estimate of drug-likeness (QED) is 0.938. The Morgan fingerprint density at radius 3 is 2.42 bits per heavy atom. The van der Waals surface area contributed by atoms with E-state index < -0.39 is 12.0 Å². The molecule has 1 heterocycles. The Morgan fingerprint density at radius 2 is 1.79 bits per heavy atom. The van der Waals surface area contributed by atoms with Crippen molar-refractivity contribution in [3.63, 3.8) is 0 Å². The summed E-state index contributed by atoms with van der Waals surface area (Å²) < 4.78 is 5.37. The smallest absolute Gasteiger partial charge is 0.326 e. The van der Waals surface area contributed by atoms with Gasteiger partial charge in [0.05, 0.1) is 6.61 Å². The fourth-order valence-electron chi connectivity index (χ4n) is 2.98. The van der Waals surface area contributed by atoms with E-state index in [1.54, 1.807) is 24.3 Å². The zero-order chi connectivity index (χ0) is 17.1. The molecule has 0 aliphatic carbocycles. The number of carboxylic acid groups (broad SMARTS) is 1. The Kier molecular flexibility index (Phi) is 4.51. The van der Waals surface area contributed by atoms with Gasteiger partial charge in [0.25, 0.3) is 5.91 Å². The van der Waals surface area contributed by atoms with Gasteiger partial charge in [-0.15, -0.1) is 0 Å². The van der Waals surface area contributed by atoms with Crippen LogP contribution >= 0.6 is 0 Å². The van der Waals surface area contributed by atoms with E-state index >= 15 is 0 Å². The van der Waals surface area contributed by atoms with E-state index in [1.807, 2.05) is 31.2 Å². The van der Waals surface area contributed by atoms with Crippen molar-refractivity contribution in [1.82, 2.24) is 4.90 Å². The average Bonchev–Trinajstić information content (AvgIpc) is 2.61. The number of hydrogen-bond acceptors (Lipinski definition) is 3. The number of fused-ring (bicyclic) bond motifs is 1. The number of hydrogen-bond donors (Lipinski definition) is 1. The number of ether oxygens (including phenoxy) is 1. The van der Waals surface area contributed by atoms with E-state index in [4.69, 9.17) is 4.74 Å². The Hall–Kier alpha value is -2.82. The maximum Gasteiger partial charge on any atom is 0.326 e. The summed E-state index contributed by atoms with van der Waals surface area (Å²) in [7, 11) is 0. The van der Waals surface area contributed by atoms with Gasteiger partial charge in [-0.2, -0.15) is 0 Å². The van der Waals surface area contributed by atoms with Crippen molar-refractivity contribution in [2.45, 2.75) is 25.9 Å². The van der Waals surface area contributed by atoms with Gasteiger partial charge < -0.3 is 14.7 Å². The van der Waals surface area contributed by atoms with Crippen LogP contribution in [-0.4, -0.2) is 34.5 Å². The summed E-state index contributed by atoms with van der Waals surface area (Å²) in [6.07, 6.45) is 0.328. The lowest BCUT2D eigenvalue weighted by Gasteiger charge is -2.34. The molecular formula is C19H19NO4. The Balaban J connectivity index is 1.88. The third-order valence-corrected chi connectivity index (χ3v) is 4.21. The predicted molar refractivity (Wildman–Crippen MR) is 89.1 cm³/mol. The number of nitrogens with zero attached hydrogens (tertiary/aromatic N) is 1. The molecule has 0 aromatic heterocycles. The molecule has 1 unspecified atom stereocenters. The molecule has 0 radical (unpaired) electrons. The van der Waals surface area contributed by atoms with Crippen LogP contribution < -0.4 is 4.74 Å². The molecule has 1 aliphatic rings. The van der Waals surface area contributed by atoms with Crippen LogP contribution in [0.25, 0.3) is 0 Å². The minimum Gasteiger partial charge on any atom is -0.494 e. The molecule has 5 heteroatoms. The van der Waals surface area contributed by atoms with Gasteiger partial charge in [0.2, 0.25) is 0 Å². The largest absolute Gasteiger partial charge is 0.494 e. The molecule has 2 aromatic carbocycles. The van der Waals surface area contributed by atoms with Crippen LogP contribution in [0, 0.1) is 0 Å². The highest BCUT2D eigenvalue weighted by molar-refractivity contribution is 5.97. The van der Waals surface area contributed by atoms with Crippen molar-refractivity contribution in [2.24, 2.45) is 0 Å². The molecule has 2 aromatic rings. The lowest BCUT2D eigenvalue weighted by Crippen LogP contribution is -2.48. The minimum atomic E-state index is -0.983. The van der Waals surface area contributed by atoms with E-state index in [9.17, 15) is 14.7 Å². The molecule has 0 bridgehead atoms. The zero-order valence-electron chi connectivity index (χ0n) is 13.4. The van der Waals surface area contributed by atoms with Crippen LogP contribution in [0.2, 0.25) is 0 Å². The van der Waals surface area contributed by atoms with Gasteiger partial charge in [-0.05, 0) is 42.3 Å². The summed E-state index contributed by atoms with van der Waals surface area (Å²) in [4.78, 5) is 25.9. The first-order valence-electron chi connectivity index (χ1n) is 7.93. The molecule has 1 amide bonds. The van der Waals surface area contributed by atoms with Gasteiger partial charge in [0, 0.05) is 18.5 Å². The second-order valence-electron chi connectivity index (χ2n) is 5.72. The third-order valence-electron chi connectivity index (χ3n) is 4.21. The second-order valence-corrected chi connectivity index (χ2v) is 5.72. The van der Waals surface area contributed by atoms with Crippen LogP contribution in [0.15, 0.2) is 48.5 Å². The van der Waals surface area contributed by atoms with Gasteiger partial charge >= 0.3 is 5.97 Å². The normalized spacial score (nSPS) is 16.4. The summed E-state index contributed by atoms with van der Waals surface area (Å²) in [6, 6.07) is 13.6. The van der Waals surface area contributed by atoms with E-state index in [-0.39, 0.29) is 5.91 Å². The summed E-state index contributed by atoms with van der Waals surface area (Å²) in [5.74, 6) is -0.573. The van der Waals surface area contributed by atoms with Crippen LogP contribution in [0.1, 0.15) is 28.4 Å². The van der Waals surface area contributed by atoms with Gasteiger partial charge in [0.1, 0.15) is 11.8 Å². The Bertz CT molecular complexity index is 754. The van der Waals surface area contributed by atoms with Crippen LogP contribution in [0.3, 0.4) is 0 Å². The zero-order valence-corrected chi connectivity index (χ0v) is 13.4. The molecular weight excluding hydrogens is 306 g/mol. The maximum absolute atomic E-state index is 12.8. The molecule has 5 nitrogen and oxygen atoms in total. The first-order valence-corrected chi connectivity index (χ1v) is 7.93. The molecule has 1 aliphatic heterocycles. The van der Waals surface area contributed by atoms with Gasteiger partial charge in [-0.3, -0.25) is 4.79 Å². The number of carboxylic acids is 1. The van der Waals surface area contributed by atoms with E-state index in [2.05, 4.69) is 0 Å². The molecule has 1 atom stereocenters. The average molecular weight is 325 g/mol. The molecule has 0 saturated carbocycles. The number of amides is 1. The van der Waals surface area contributed by atoms with Gasteiger partial charge in [-0.25, -0.2) is 4.79 Å². The first-order chi connectivity index (χ1) is 11.6. The SMILES string of the molecule is CCOc1ccc(C(=O)N2Cc3ccccc3CC2C(=O)O)cc1. The summed E-state index contributed by atoms with van der Waals surface area (Å²) in [5.41, 5.74) is 2.44. The van der Waals surface area contributed by atoms with E-state index in [0.717, 1.165) is 11.1 Å². The first kappa shape index (κ1) is 16.1. The molecule has 0 saturated heterocycles. The van der Waals surface area contributed by atoms with Gasteiger partial charge in [0.15, 0.2) is 0 Å². The van der Waals surface area contributed by atoms with Crippen molar-refractivity contribution in [3.8, 4) is 5.75 Å². The van der Waals surface area contributed by atoms with E-state index in [0.29, 0.717) is 30.9 Å². The molecule has 0 spiro atoms. The van der Waals surface area contributed by atoms with Crippen LogP contribution in [0.4, 0.5) is 0 Å². The molecule has 24 heavy (non-hydrogen) atoms. The maximum atomic E-state index is 12.8. The lowest BCUT2D eigenvalue weighted by molar-refractivity contribution is -0.142. The van der Waals surface area contributed by atoms with Crippen molar-refractivity contribution >= 4 is 11.9 Å². The summed E-state index contributed by atoms with van der Waals surface area (Å²) >= 11 is 0. The number of rotatable bonds is 4. The van der Waals surface area contributed by atoms with E-state index in [1.165, 1.54) is 4.90 Å². The number of benzene rings is 2. The fraction of sp³-hybridized carbons (Fsp3) is 0.263. The highest BCUT2D eigenvalue weighted by atomic mass is 16.5. The standard InChI is InChI=1S/C19H19NO4/c1-2-24-16-9-7-13(8-10-16)18(21)20-12-15-6-4-3-5-14(15)11-17(20)19(22)23/h3-10,17H,2,11-12H2,1H3,(H,22,23). The highest BCUT2D eigenvalue weighted by Crippen LogP contribution is 2.25. The van der Waals surface area contributed by atoms with Crippen molar-refractivity contribution in [2.75, 3.05) is 6.61 Å². The predicted octanol–water partition coefficient (Wildman–Crippen LogP) is 2.74. The summed E-state index contributed by atoms with van der Waals surface area (Å²) in [5, 5.41) is 9.53. The third kappa shape index (κ3) is 3.11. The topological polar surface area (TPSA) is 66.8 Å². The minimum absolute atomic E-state index is 0.278. The number of aliphatic carboxylic acids is 1. The van der Waals surface area contributed by atoms with Crippen molar-refractivity contribution in [3.05, 3.63) is 65.2 Å². The molecule has 124 valence electrons. The number of carbonyl (C=O) groups excluding carboxylic acids is 1. The van der Waals surface area contributed by atoms with Crippen molar-refractivity contribution in [1.29, 1.82) is 0 Å². The van der Waals surface area contributed by atoms with Crippen molar-refractivity contribution < 1.29 is 19.4 Å². The molecule has 3 rings (SSSR count). The second kappa shape index (κ2) is 6.74.